The zero-order chi connectivity index (χ0) is 30.6. The number of ether oxygens (including phenoxy) is 4. The third-order valence-electron chi connectivity index (χ3n) is 6.12. The van der Waals surface area contributed by atoms with Crippen molar-refractivity contribution in [2.24, 2.45) is 5.92 Å². The predicted molar refractivity (Wildman–Crippen MR) is 149 cm³/mol. The van der Waals surface area contributed by atoms with Gasteiger partial charge in [0.05, 0.1) is 58.8 Å². The fourth-order valence-electron chi connectivity index (χ4n) is 3.71. The van der Waals surface area contributed by atoms with Crippen LogP contribution in [-0.4, -0.2) is 106 Å². The van der Waals surface area contributed by atoms with Crippen molar-refractivity contribution in [1.29, 1.82) is 0 Å². The Morgan fingerprint density at radius 2 is 1.24 bits per heavy atom. The summed E-state index contributed by atoms with van der Waals surface area (Å²) < 4.78 is 21.5. The summed E-state index contributed by atoms with van der Waals surface area (Å²) in [5, 5.41) is 23.2. The quantitative estimate of drug-likeness (QED) is 0.0896. The van der Waals surface area contributed by atoms with Crippen LogP contribution in [0.3, 0.4) is 0 Å². The van der Waals surface area contributed by atoms with Gasteiger partial charge in [-0.25, -0.2) is 4.79 Å². The smallest absolute Gasteiger partial charge is 0.326 e. The second kappa shape index (κ2) is 27.6. The van der Waals surface area contributed by atoms with Crippen LogP contribution in [0.2, 0.25) is 0 Å². The molecule has 0 bridgehead atoms. The average molecular weight is 590 g/mol. The van der Waals surface area contributed by atoms with Crippen molar-refractivity contribution in [3.63, 3.8) is 0 Å². The van der Waals surface area contributed by atoms with Crippen molar-refractivity contribution in [1.82, 2.24) is 10.6 Å². The molecule has 0 aromatic rings. The third kappa shape index (κ3) is 24.9. The van der Waals surface area contributed by atoms with E-state index in [-0.39, 0.29) is 44.3 Å². The maximum Gasteiger partial charge on any atom is 0.326 e. The second-order valence-electron chi connectivity index (χ2n) is 9.44. The molecule has 0 heterocycles. The van der Waals surface area contributed by atoms with E-state index >= 15 is 0 Å². The van der Waals surface area contributed by atoms with Crippen molar-refractivity contribution in [2.75, 3.05) is 59.4 Å². The molecule has 0 rings (SSSR count). The largest absolute Gasteiger partial charge is 0.481 e. The van der Waals surface area contributed by atoms with Gasteiger partial charge in [0.1, 0.15) is 6.04 Å². The molecule has 2 amide bonds. The lowest BCUT2D eigenvalue weighted by Gasteiger charge is -2.13. The number of carbonyl (C=O) groups is 4. The molecule has 4 N–H and O–H groups in total. The molecule has 0 aliphatic rings. The van der Waals surface area contributed by atoms with Crippen LogP contribution >= 0.6 is 0 Å². The van der Waals surface area contributed by atoms with Gasteiger partial charge >= 0.3 is 11.9 Å². The topological polar surface area (TPSA) is 187 Å². The minimum atomic E-state index is -1.20. The fourth-order valence-corrected chi connectivity index (χ4v) is 3.71. The van der Waals surface area contributed by atoms with Gasteiger partial charge < -0.3 is 39.8 Å². The molecule has 0 saturated carbocycles. The van der Waals surface area contributed by atoms with E-state index in [4.69, 9.17) is 29.2 Å². The Morgan fingerprint density at radius 1 is 0.683 bits per heavy atom. The maximum atomic E-state index is 11.8. The molecule has 0 aromatic carbocycles. The lowest BCUT2D eigenvalue weighted by molar-refractivity contribution is -0.142. The summed E-state index contributed by atoms with van der Waals surface area (Å²) in [5.41, 5.74) is 0. The Hall–Kier alpha value is -2.61. The zero-order valence-corrected chi connectivity index (χ0v) is 24.4. The molecular formula is C28H49N2O11. The van der Waals surface area contributed by atoms with Gasteiger partial charge in [0.15, 0.2) is 6.29 Å². The minimum Gasteiger partial charge on any atom is -0.481 e. The standard InChI is InChI=1S/C28H49N2O11/c1-2-23(27(34)35)9-6-4-3-5-7-11-25(32)29-13-16-39-18-20-41-22-21-40-19-17-38-15-12-26(33)30-24(28(36)37)10-8-14-31/h23-24H,2-13,15-22H2,1H3,(H,29,32)(H,30,33)(H,34,35)(H,36,37)/t23?,24-/m0/s1. The molecule has 237 valence electrons. The van der Waals surface area contributed by atoms with Crippen molar-refractivity contribution in [3.8, 4) is 0 Å². The van der Waals surface area contributed by atoms with E-state index in [1.165, 1.54) is 0 Å². The fraction of sp³-hybridized carbons (Fsp3) is 0.821. The molecule has 2 atom stereocenters. The number of hydrogen-bond donors (Lipinski definition) is 4. The molecule has 13 nitrogen and oxygen atoms in total. The van der Waals surface area contributed by atoms with Crippen molar-refractivity contribution in [2.45, 2.75) is 83.6 Å². The van der Waals surface area contributed by atoms with Gasteiger partial charge in [-0.15, -0.1) is 0 Å². The Balaban J connectivity index is 3.41. The first-order valence-electron chi connectivity index (χ1n) is 14.5. The normalized spacial score (nSPS) is 12.4. The summed E-state index contributed by atoms with van der Waals surface area (Å²) in [7, 11) is 0. The number of carboxylic acid groups (broad SMARTS) is 2. The van der Waals surface area contributed by atoms with Gasteiger partial charge in [0, 0.05) is 25.8 Å². The molecule has 0 saturated heterocycles. The number of carbonyl (C=O) groups excluding carboxylic acids is 3. The number of unbranched alkanes of at least 4 members (excludes halogenated alkanes) is 4. The summed E-state index contributed by atoms with van der Waals surface area (Å²) in [4.78, 5) is 55.8. The van der Waals surface area contributed by atoms with Gasteiger partial charge in [0.2, 0.25) is 11.8 Å². The first-order chi connectivity index (χ1) is 19.8. The van der Waals surface area contributed by atoms with Crippen LogP contribution in [0.4, 0.5) is 0 Å². The number of rotatable bonds is 30. The van der Waals surface area contributed by atoms with Gasteiger partial charge in [-0.1, -0.05) is 32.6 Å². The average Bonchev–Trinajstić information content (AvgIpc) is 2.94. The van der Waals surface area contributed by atoms with E-state index in [0.29, 0.717) is 59.0 Å². The summed E-state index contributed by atoms with van der Waals surface area (Å²) >= 11 is 0. The highest BCUT2D eigenvalue weighted by atomic mass is 16.6. The molecule has 13 heteroatoms. The lowest BCUT2D eigenvalue weighted by atomic mass is 9.98. The van der Waals surface area contributed by atoms with Gasteiger partial charge in [-0.2, -0.15) is 0 Å². The van der Waals surface area contributed by atoms with Crippen LogP contribution in [0.5, 0.6) is 0 Å². The summed E-state index contributed by atoms with van der Waals surface area (Å²) in [6, 6.07) is -1.12. The van der Waals surface area contributed by atoms with Gasteiger partial charge in [-0.05, 0) is 25.7 Å². The summed E-state index contributed by atoms with van der Waals surface area (Å²) in [6.07, 6.45) is 8.09. The molecule has 1 unspecified atom stereocenters. The first kappa shape index (κ1) is 38.4. The summed E-state index contributed by atoms with van der Waals surface area (Å²) in [6.45, 7) is 5.01. The Morgan fingerprint density at radius 3 is 1.80 bits per heavy atom. The van der Waals surface area contributed by atoms with Crippen molar-refractivity contribution < 1.29 is 53.1 Å². The van der Waals surface area contributed by atoms with Crippen LogP contribution in [0.25, 0.3) is 0 Å². The monoisotopic (exact) mass is 589 g/mol. The Bertz CT molecular complexity index is 721. The van der Waals surface area contributed by atoms with Crippen LogP contribution in [-0.2, 0) is 42.9 Å². The number of hydrogen-bond acceptors (Lipinski definition) is 9. The maximum absolute atomic E-state index is 11.8. The van der Waals surface area contributed by atoms with Crippen LogP contribution < -0.4 is 10.6 Å². The van der Waals surface area contributed by atoms with E-state index < -0.39 is 23.9 Å². The van der Waals surface area contributed by atoms with E-state index in [1.807, 2.05) is 6.92 Å². The third-order valence-corrected chi connectivity index (χ3v) is 6.12. The zero-order valence-electron chi connectivity index (χ0n) is 24.4. The predicted octanol–water partition coefficient (Wildman–Crippen LogP) is 1.86. The number of nitrogens with one attached hydrogen (secondary N) is 2. The Labute approximate surface area is 243 Å². The second-order valence-corrected chi connectivity index (χ2v) is 9.44. The first-order valence-corrected chi connectivity index (χ1v) is 14.5. The SMILES string of the molecule is CCC(CCCCCCCC(=O)NCCOCCOCCOCCOCCC(=O)N[C@@H](CC[C]=O)C(=O)O)C(=O)O. The van der Waals surface area contributed by atoms with Crippen molar-refractivity contribution >= 4 is 30.0 Å². The van der Waals surface area contributed by atoms with E-state index in [2.05, 4.69) is 10.6 Å². The molecular weight excluding hydrogens is 540 g/mol. The lowest BCUT2D eigenvalue weighted by Crippen LogP contribution is -2.41. The highest BCUT2D eigenvalue weighted by Crippen LogP contribution is 2.15. The van der Waals surface area contributed by atoms with Crippen molar-refractivity contribution in [3.05, 3.63) is 0 Å². The highest BCUT2D eigenvalue weighted by Gasteiger charge is 2.19. The number of carboxylic acids is 2. The number of amides is 2. The molecule has 0 aromatic heterocycles. The van der Waals surface area contributed by atoms with E-state index in [1.54, 1.807) is 6.29 Å². The van der Waals surface area contributed by atoms with E-state index in [9.17, 15) is 24.0 Å². The van der Waals surface area contributed by atoms with Crippen LogP contribution in [0.15, 0.2) is 0 Å². The van der Waals surface area contributed by atoms with Crippen LogP contribution in [0, 0.1) is 5.92 Å². The van der Waals surface area contributed by atoms with Crippen LogP contribution in [0.1, 0.15) is 77.6 Å². The molecule has 1 radical (unpaired) electrons. The molecule has 0 aliphatic heterocycles. The summed E-state index contributed by atoms with van der Waals surface area (Å²) in [5.74, 6) is -2.63. The molecule has 0 aliphatic carbocycles. The van der Waals surface area contributed by atoms with Gasteiger partial charge in [0.25, 0.3) is 0 Å². The number of aliphatic carboxylic acids is 2. The minimum absolute atomic E-state index is 0.000257. The Kier molecular flexibility index (Phi) is 25.8. The highest BCUT2D eigenvalue weighted by molar-refractivity contribution is 5.83. The molecule has 0 spiro atoms. The molecule has 0 fully saturated rings. The molecule has 41 heavy (non-hydrogen) atoms. The van der Waals surface area contributed by atoms with Gasteiger partial charge in [-0.3, -0.25) is 19.2 Å². The van der Waals surface area contributed by atoms with E-state index in [0.717, 1.165) is 38.5 Å².